The van der Waals surface area contributed by atoms with Crippen molar-refractivity contribution in [3.8, 4) is 5.75 Å². The van der Waals surface area contributed by atoms with Crippen LogP contribution in [0.1, 0.15) is 44.1 Å². The fourth-order valence-corrected chi connectivity index (χ4v) is 7.75. The summed E-state index contributed by atoms with van der Waals surface area (Å²) in [6.07, 6.45) is 5.28. The summed E-state index contributed by atoms with van der Waals surface area (Å²) in [7, 11) is 0. The summed E-state index contributed by atoms with van der Waals surface area (Å²) in [5.41, 5.74) is 5.17. The summed E-state index contributed by atoms with van der Waals surface area (Å²) in [6.45, 7) is 4.68. The van der Waals surface area contributed by atoms with Gasteiger partial charge < -0.3 is 0 Å². The zero-order valence-corrected chi connectivity index (χ0v) is 17.1. The third-order valence-electron chi connectivity index (χ3n) is 6.02. The molecule has 1 aromatic carbocycles. The number of amides is 1. The molecule has 4 aliphatic rings. The van der Waals surface area contributed by atoms with Crippen LogP contribution in [0, 0.1) is 0 Å². The Morgan fingerprint density at radius 1 is 1.27 bits per heavy atom. The molecule has 3 heterocycles. The molecule has 2 atom stereocenters. The van der Waals surface area contributed by atoms with E-state index < -0.39 is 0 Å². The quantitative estimate of drug-likeness (QED) is 0.717. The van der Waals surface area contributed by atoms with Gasteiger partial charge in [-0.05, 0) is 0 Å². The summed E-state index contributed by atoms with van der Waals surface area (Å²) in [5, 5.41) is 7.63. The Labute approximate surface area is 160 Å². The Balaban J connectivity index is 1.58. The van der Waals surface area contributed by atoms with Crippen LogP contribution >= 0.6 is 0 Å². The zero-order chi connectivity index (χ0) is 17.7. The first kappa shape index (κ1) is 16.6. The first-order valence-electron chi connectivity index (χ1n) is 9.64. The van der Waals surface area contributed by atoms with Crippen LogP contribution in [0.2, 0.25) is 4.71 Å². The Hall–Kier alpha value is -1.52. The predicted octanol–water partition coefficient (Wildman–Crippen LogP) is 0.828. The van der Waals surface area contributed by atoms with Gasteiger partial charge in [0.25, 0.3) is 0 Å². The number of carbonyl (C=O) groups excluding carboxylic acids is 1. The molecule has 26 heavy (non-hydrogen) atoms. The van der Waals surface area contributed by atoms with E-state index in [9.17, 15) is 4.79 Å². The van der Waals surface area contributed by atoms with Crippen molar-refractivity contribution in [1.29, 1.82) is 0 Å². The molecule has 2 unspecified atom stereocenters. The van der Waals surface area contributed by atoms with Gasteiger partial charge in [-0.25, -0.2) is 0 Å². The number of nitrogens with zero attached hydrogens (tertiary/aromatic N) is 2. The van der Waals surface area contributed by atoms with E-state index in [1.165, 1.54) is 31.2 Å². The SMILES string of the molecule is CC1C(=O)NN=C2COc3cc(C4CCCC4)c([AsH]C4CNC4)cc3N21. The van der Waals surface area contributed by atoms with Crippen LogP contribution in [0.4, 0.5) is 5.69 Å². The molecule has 3 aliphatic heterocycles. The van der Waals surface area contributed by atoms with Crippen molar-refractivity contribution in [2.24, 2.45) is 5.10 Å². The third-order valence-corrected chi connectivity index (χ3v) is 9.30. The molecule has 0 bridgehead atoms. The fourth-order valence-electron chi connectivity index (χ4n) is 4.40. The minimum atomic E-state index is -0.249. The number of anilines is 1. The average molecular weight is 416 g/mol. The van der Waals surface area contributed by atoms with Crippen molar-refractivity contribution in [3.05, 3.63) is 17.7 Å². The van der Waals surface area contributed by atoms with E-state index in [2.05, 4.69) is 32.9 Å². The summed E-state index contributed by atoms with van der Waals surface area (Å²) in [5.74, 6) is 2.36. The van der Waals surface area contributed by atoms with Crippen molar-refractivity contribution in [3.63, 3.8) is 0 Å². The number of amidine groups is 1. The van der Waals surface area contributed by atoms with E-state index in [0.717, 1.165) is 35.1 Å². The summed E-state index contributed by atoms with van der Waals surface area (Å²) < 4.78 is 8.46. The summed E-state index contributed by atoms with van der Waals surface area (Å²) in [6, 6.07) is 4.39. The molecule has 2 fully saturated rings. The molecule has 1 aromatic rings. The van der Waals surface area contributed by atoms with E-state index >= 15 is 0 Å². The van der Waals surface area contributed by atoms with Crippen molar-refractivity contribution in [2.45, 2.75) is 49.3 Å². The number of carbonyl (C=O) groups is 1. The van der Waals surface area contributed by atoms with Gasteiger partial charge in [0, 0.05) is 0 Å². The molecule has 0 aromatic heterocycles. The van der Waals surface area contributed by atoms with Crippen LogP contribution in [0.25, 0.3) is 0 Å². The number of hydrazone groups is 1. The van der Waals surface area contributed by atoms with Gasteiger partial charge >= 0.3 is 160 Å². The molecule has 5 rings (SSSR count). The van der Waals surface area contributed by atoms with Crippen molar-refractivity contribution >= 4 is 37.5 Å². The zero-order valence-electron chi connectivity index (χ0n) is 15.0. The van der Waals surface area contributed by atoms with Crippen LogP contribution in [0.5, 0.6) is 5.75 Å². The fraction of sp³-hybridized carbons (Fsp3) is 0.579. The Morgan fingerprint density at radius 3 is 2.81 bits per heavy atom. The first-order chi connectivity index (χ1) is 12.7. The Kier molecular flexibility index (Phi) is 4.21. The first-order valence-corrected chi connectivity index (χ1v) is 11.9. The van der Waals surface area contributed by atoms with Crippen molar-refractivity contribution in [1.82, 2.24) is 10.7 Å². The second-order valence-corrected chi connectivity index (χ2v) is 11.2. The Morgan fingerprint density at radius 2 is 2.08 bits per heavy atom. The molecule has 138 valence electrons. The van der Waals surface area contributed by atoms with Gasteiger partial charge in [-0.2, -0.15) is 0 Å². The molecular formula is C19H25AsN4O2. The molecule has 1 aliphatic carbocycles. The number of fused-ring (bicyclic) bond motifs is 3. The maximum atomic E-state index is 12.2. The molecule has 1 amide bonds. The van der Waals surface area contributed by atoms with Gasteiger partial charge in [0.1, 0.15) is 0 Å². The van der Waals surface area contributed by atoms with Crippen LogP contribution in [-0.4, -0.2) is 53.2 Å². The number of hydrogen-bond donors (Lipinski definition) is 2. The van der Waals surface area contributed by atoms with E-state index in [0.29, 0.717) is 12.5 Å². The van der Waals surface area contributed by atoms with E-state index in [4.69, 9.17) is 4.74 Å². The van der Waals surface area contributed by atoms with Crippen LogP contribution in [-0.2, 0) is 4.79 Å². The maximum absolute atomic E-state index is 12.2. The summed E-state index contributed by atoms with van der Waals surface area (Å²) >= 11 is -0.199. The predicted molar refractivity (Wildman–Crippen MR) is 104 cm³/mol. The normalized spacial score (nSPS) is 26.2. The topological polar surface area (TPSA) is 66.0 Å². The van der Waals surface area contributed by atoms with Gasteiger partial charge in [-0.3, -0.25) is 0 Å². The van der Waals surface area contributed by atoms with Crippen LogP contribution in [0.3, 0.4) is 0 Å². The summed E-state index contributed by atoms with van der Waals surface area (Å²) in [4.78, 5) is 14.2. The molecule has 6 nitrogen and oxygen atoms in total. The minimum absolute atomic E-state index is 0.0535. The molecule has 1 saturated carbocycles. The molecule has 2 N–H and O–H groups in total. The number of nitrogens with one attached hydrogen (secondary N) is 2. The average Bonchev–Trinajstić information content (AvgIpc) is 3.14. The number of benzene rings is 1. The van der Waals surface area contributed by atoms with Gasteiger partial charge in [0.2, 0.25) is 0 Å². The molecule has 7 heteroatoms. The second kappa shape index (κ2) is 6.57. The van der Waals surface area contributed by atoms with E-state index in [-0.39, 0.29) is 27.7 Å². The molecule has 0 spiro atoms. The van der Waals surface area contributed by atoms with E-state index in [1.54, 1.807) is 4.35 Å². The number of hydrogen-bond acceptors (Lipinski definition) is 5. The molecule has 0 radical (unpaired) electrons. The third kappa shape index (κ3) is 2.74. The standard InChI is InChI=1S/C19H25AsN4O2/c1-11-19(25)23-22-18-10-26-17-6-14(12-4-2-3-5-12)15(7-16(17)24(11)18)20-13-8-21-9-13/h6-7,11-13,20-21H,2-5,8-10H2,1H3,(H,23,25). The van der Waals surface area contributed by atoms with Crippen molar-refractivity contribution < 1.29 is 9.53 Å². The molecule has 1 saturated heterocycles. The Bertz CT molecular complexity index is 771. The van der Waals surface area contributed by atoms with Gasteiger partial charge in [-0.15, -0.1) is 0 Å². The van der Waals surface area contributed by atoms with Crippen LogP contribution < -0.4 is 24.7 Å². The number of rotatable bonds is 3. The van der Waals surface area contributed by atoms with Crippen molar-refractivity contribution in [2.75, 3.05) is 24.6 Å². The second-order valence-electron chi connectivity index (χ2n) is 7.73. The van der Waals surface area contributed by atoms with Gasteiger partial charge in [-0.1, -0.05) is 0 Å². The number of ether oxygens (including phenoxy) is 1. The van der Waals surface area contributed by atoms with Gasteiger partial charge in [0.05, 0.1) is 0 Å². The monoisotopic (exact) mass is 416 g/mol. The van der Waals surface area contributed by atoms with Crippen LogP contribution in [0.15, 0.2) is 17.2 Å². The molecular weight excluding hydrogens is 391 g/mol. The van der Waals surface area contributed by atoms with Gasteiger partial charge in [0.15, 0.2) is 0 Å². The van der Waals surface area contributed by atoms with E-state index in [1.807, 2.05) is 6.92 Å².